The number of aromatic carboxylic acids is 1. The largest absolute Gasteiger partial charge is 0.478 e. The Hall–Kier alpha value is -2.77. The van der Waals surface area contributed by atoms with Crippen LogP contribution in [0.3, 0.4) is 0 Å². The molecule has 0 saturated heterocycles. The lowest BCUT2D eigenvalue weighted by atomic mass is 10.0. The van der Waals surface area contributed by atoms with Gasteiger partial charge in [-0.3, -0.25) is 0 Å². The van der Waals surface area contributed by atoms with Gasteiger partial charge in [-0.25, -0.2) is 9.78 Å². The first-order valence-corrected chi connectivity index (χ1v) is 8.45. The minimum Gasteiger partial charge on any atom is -0.478 e. The molecule has 28 heavy (non-hydrogen) atoms. The van der Waals surface area contributed by atoms with E-state index in [9.17, 15) is 18.0 Å². The van der Waals surface area contributed by atoms with Crippen molar-refractivity contribution in [3.8, 4) is 22.9 Å². The van der Waals surface area contributed by atoms with Crippen molar-refractivity contribution in [2.75, 3.05) is 0 Å². The molecule has 0 bridgehead atoms. The summed E-state index contributed by atoms with van der Waals surface area (Å²) in [4.78, 5) is 15.1. The van der Waals surface area contributed by atoms with Crippen molar-refractivity contribution in [1.29, 1.82) is 0 Å². The quantitative estimate of drug-likeness (QED) is 0.511. The van der Waals surface area contributed by atoms with Crippen LogP contribution in [0.5, 0.6) is 11.6 Å². The summed E-state index contributed by atoms with van der Waals surface area (Å²) < 4.78 is 45.8. The molecule has 0 aliphatic heterocycles. The van der Waals surface area contributed by atoms with Gasteiger partial charge >= 0.3 is 12.1 Å². The Kier molecular flexibility index (Phi) is 5.49. The van der Waals surface area contributed by atoms with Crippen LogP contribution in [0.25, 0.3) is 11.3 Å². The number of benzene rings is 2. The second kappa shape index (κ2) is 7.69. The highest BCUT2D eigenvalue weighted by atomic mass is 35.5. The molecule has 3 rings (SSSR count). The molecule has 2 aromatic carbocycles. The Morgan fingerprint density at radius 2 is 1.79 bits per heavy atom. The van der Waals surface area contributed by atoms with E-state index in [1.54, 1.807) is 0 Å². The number of ether oxygens (including phenoxy) is 1. The molecule has 0 fully saturated rings. The van der Waals surface area contributed by atoms with E-state index >= 15 is 0 Å². The summed E-state index contributed by atoms with van der Waals surface area (Å²) in [7, 11) is 0. The van der Waals surface area contributed by atoms with Crippen LogP contribution in [0.4, 0.5) is 13.2 Å². The highest BCUT2D eigenvalue weighted by molar-refractivity contribution is 6.35. The second-order valence-corrected chi connectivity index (χ2v) is 6.45. The van der Waals surface area contributed by atoms with Crippen LogP contribution in [0.15, 0.2) is 54.6 Å². The number of hydrogen-bond donors (Lipinski definition) is 1. The van der Waals surface area contributed by atoms with Crippen LogP contribution >= 0.6 is 23.2 Å². The summed E-state index contributed by atoms with van der Waals surface area (Å²) in [6, 6.07) is 11.3. The van der Waals surface area contributed by atoms with E-state index in [4.69, 9.17) is 33.0 Å². The Labute approximate surface area is 167 Å². The number of hydrogen-bond acceptors (Lipinski definition) is 3. The van der Waals surface area contributed by atoms with Crippen LogP contribution in [-0.2, 0) is 6.18 Å². The van der Waals surface area contributed by atoms with Gasteiger partial charge in [-0.15, -0.1) is 0 Å². The van der Waals surface area contributed by atoms with Crippen molar-refractivity contribution in [2.24, 2.45) is 0 Å². The van der Waals surface area contributed by atoms with Gasteiger partial charge in [-0.1, -0.05) is 35.3 Å². The topological polar surface area (TPSA) is 59.4 Å². The zero-order valence-electron chi connectivity index (χ0n) is 13.8. The first-order chi connectivity index (χ1) is 13.1. The van der Waals surface area contributed by atoms with Crippen LogP contribution in [0.1, 0.15) is 15.9 Å². The van der Waals surface area contributed by atoms with Gasteiger partial charge < -0.3 is 9.84 Å². The Morgan fingerprint density at radius 3 is 2.43 bits per heavy atom. The monoisotopic (exact) mass is 427 g/mol. The van der Waals surface area contributed by atoms with E-state index in [0.717, 1.165) is 18.2 Å². The Morgan fingerprint density at radius 1 is 1.04 bits per heavy atom. The fourth-order valence-electron chi connectivity index (χ4n) is 2.42. The maximum Gasteiger partial charge on any atom is 0.418 e. The molecule has 0 amide bonds. The normalized spacial score (nSPS) is 11.3. The first-order valence-electron chi connectivity index (χ1n) is 7.70. The van der Waals surface area contributed by atoms with Gasteiger partial charge in [0.1, 0.15) is 5.75 Å². The summed E-state index contributed by atoms with van der Waals surface area (Å²) in [5.41, 5.74) is -1.66. The molecule has 4 nitrogen and oxygen atoms in total. The third kappa shape index (κ3) is 4.37. The molecular weight excluding hydrogens is 418 g/mol. The molecular formula is C19H10Cl2F3NO3. The van der Waals surface area contributed by atoms with E-state index < -0.39 is 23.4 Å². The minimum absolute atomic E-state index is 0.0140. The van der Waals surface area contributed by atoms with Crippen molar-refractivity contribution in [3.63, 3.8) is 0 Å². The molecule has 0 spiro atoms. The molecule has 0 saturated carbocycles. The van der Waals surface area contributed by atoms with E-state index in [1.165, 1.54) is 36.4 Å². The highest BCUT2D eigenvalue weighted by Gasteiger charge is 2.35. The van der Waals surface area contributed by atoms with Gasteiger partial charge in [-0.05, 0) is 36.4 Å². The molecule has 0 atom stereocenters. The van der Waals surface area contributed by atoms with Gasteiger partial charge in [0.15, 0.2) is 0 Å². The van der Waals surface area contributed by atoms with Crippen molar-refractivity contribution >= 4 is 29.2 Å². The maximum absolute atomic E-state index is 13.4. The highest BCUT2D eigenvalue weighted by Crippen LogP contribution is 2.38. The first kappa shape index (κ1) is 20.0. The molecule has 0 aliphatic carbocycles. The van der Waals surface area contributed by atoms with Crippen LogP contribution in [0, 0.1) is 0 Å². The average molecular weight is 428 g/mol. The zero-order chi connectivity index (χ0) is 20.5. The van der Waals surface area contributed by atoms with Crippen molar-refractivity contribution in [2.45, 2.75) is 6.18 Å². The molecule has 1 heterocycles. The number of aromatic nitrogens is 1. The summed E-state index contributed by atoms with van der Waals surface area (Å²) >= 11 is 11.8. The predicted molar refractivity (Wildman–Crippen MR) is 98.2 cm³/mol. The third-order valence-electron chi connectivity index (χ3n) is 3.67. The fourth-order valence-corrected chi connectivity index (χ4v) is 2.86. The number of rotatable bonds is 4. The maximum atomic E-state index is 13.4. The van der Waals surface area contributed by atoms with Gasteiger partial charge in [-0.2, -0.15) is 13.2 Å². The minimum atomic E-state index is -4.70. The molecule has 9 heteroatoms. The standard InChI is InChI=1S/C19H10Cl2F3NO3/c20-12-4-6-15(14(21)9-12)28-16-7-5-13(19(22,23)24)17(25-16)10-2-1-3-11(8-10)18(26)27/h1-9H,(H,26,27). The number of carbonyl (C=O) groups is 1. The summed E-state index contributed by atoms with van der Waals surface area (Å²) in [6.45, 7) is 0. The summed E-state index contributed by atoms with van der Waals surface area (Å²) in [5.74, 6) is -1.26. The third-order valence-corrected chi connectivity index (χ3v) is 4.20. The van der Waals surface area contributed by atoms with Gasteiger partial charge in [0.05, 0.1) is 21.8 Å². The molecule has 144 valence electrons. The second-order valence-electron chi connectivity index (χ2n) is 5.61. The van der Waals surface area contributed by atoms with Gasteiger partial charge in [0.2, 0.25) is 5.88 Å². The number of carboxylic acid groups (broad SMARTS) is 1. The molecule has 0 radical (unpaired) electrons. The molecule has 3 aromatic rings. The molecule has 0 unspecified atom stereocenters. The number of carboxylic acids is 1. The Bertz CT molecular complexity index is 1050. The number of alkyl halides is 3. The van der Waals surface area contributed by atoms with E-state index in [2.05, 4.69) is 4.98 Å². The van der Waals surface area contributed by atoms with E-state index in [0.29, 0.717) is 5.02 Å². The van der Waals surface area contributed by atoms with Crippen molar-refractivity contribution < 1.29 is 27.8 Å². The molecule has 1 N–H and O–H groups in total. The lowest BCUT2D eigenvalue weighted by Gasteiger charge is -2.15. The zero-order valence-corrected chi connectivity index (χ0v) is 15.3. The smallest absolute Gasteiger partial charge is 0.418 e. The predicted octanol–water partition coefficient (Wildman–Crippen LogP) is 6.56. The number of nitrogens with zero attached hydrogens (tertiary/aromatic N) is 1. The summed E-state index contributed by atoms with van der Waals surface area (Å²) in [5, 5.41) is 9.62. The summed E-state index contributed by atoms with van der Waals surface area (Å²) in [6.07, 6.45) is -4.70. The average Bonchev–Trinajstić information content (AvgIpc) is 2.63. The lowest BCUT2D eigenvalue weighted by Crippen LogP contribution is -2.09. The SMILES string of the molecule is O=C(O)c1cccc(-c2nc(Oc3ccc(Cl)cc3Cl)ccc2C(F)(F)F)c1. The van der Waals surface area contributed by atoms with E-state index in [1.807, 2.05) is 0 Å². The van der Waals surface area contributed by atoms with Gasteiger partial charge in [0.25, 0.3) is 0 Å². The number of pyridine rings is 1. The van der Waals surface area contributed by atoms with Crippen LogP contribution < -0.4 is 4.74 Å². The lowest BCUT2D eigenvalue weighted by molar-refractivity contribution is -0.137. The van der Waals surface area contributed by atoms with E-state index in [-0.39, 0.29) is 27.8 Å². The Balaban J connectivity index is 2.10. The van der Waals surface area contributed by atoms with Gasteiger partial charge in [0, 0.05) is 16.7 Å². The number of halogens is 5. The van der Waals surface area contributed by atoms with Crippen molar-refractivity contribution in [1.82, 2.24) is 4.98 Å². The van der Waals surface area contributed by atoms with Crippen LogP contribution in [-0.4, -0.2) is 16.1 Å². The van der Waals surface area contributed by atoms with Crippen LogP contribution in [0.2, 0.25) is 10.0 Å². The van der Waals surface area contributed by atoms with Crippen molar-refractivity contribution in [3.05, 3.63) is 75.8 Å². The molecule has 1 aromatic heterocycles. The fraction of sp³-hybridized carbons (Fsp3) is 0.0526. The molecule has 0 aliphatic rings.